The van der Waals surface area contributed by atoms with E-state index in [1.165, 1.54) is 18.6 Å². The normalized spacial score (nSPS) is 15.2. The second-order valence-corrected chi connectivity index (χ2v) is 12.8. The number of nitrogens with zero attached hydrogens (tertiary/aromatic N) is 5. The second-order valence-electron chi connectivity index (χ2n) is 11.1. The van der Waals surface area contributed by atoms with Gasteiger partial charge in [-0.3, -0.25) is 14.2 Å². The summed E-state index contributed by atoms with van der Waals surface area (Å²) < 4.78 is 45.6. The largest absolute Gasteiger partial charge is 0.424 e. The third-order valence-corrected chi connectivity index (χ3v) is 9.60. The van der Waals surface area contributed by atoms with Crippen LogP contribution in [0.5, 0.6) is 0 Å². The average molecular weight is 657 g/mol. The molecule has 14 heteroatoms. The molecule has 0 atom stereocenters. The highest BCUT2D eigenvalue weighted by Crippen LogP contribution is 2.37. The Labute approximate surface area is 267 Å². The van der Waals surface area contributed by atoms with Crippen molar-refractivity contribution in [3.63, 3.8) is 0 Å². The van der Waals surface area contributed by atoms with Gasteiger partial charge >= 0.3 is 6.18 Å². The fraction of sp³-hybridized carbons (Fsp3) is 0.387. The average Bonchev–Trinajstić information content (AvgIpc) is 3.44. The number of nitrogens with one attached hydrogen (secondary N) is 1. The van der Waals surface area contributed by atoms with Gasteiger partial charge in [0.1, 0.15) is 0 Å². The van der Waals surface area contributed by atoms with Gasteiger partial charge in [-0.2, -0.15) is 13.2 Å². The van der Waals surface area contributed by atoms with Gasteiger partial charge in [-0.15, -0.1) is 22.8 Å². The molecule has 1 N–H and O–H groups in total. The minimum absolute atomic E-state index is 0.0878. The van der Waals surface area contributed by atoms with Crippen LogP contribution in [0.1, 0.15) is 59.8 Å². The molecule has 0 spiro atoms. The van der Waals surface area contributed by atoms with E-state index in [9.17, 15) is 22.8 Å². The van der Waals surface area contributed by atoms with Gasteiger partial charge in [0.2, 0.25) is 17.7 Å². The van der Waals surface area contributed by atoms with Crippen molar-refractivity contribution in [3.8, 4) is 5.69 Å². The van der Waals surface area contributed by atoms with Crippen LogP contribution in [0.4, 0.5) is 13.2 Å². The standard InChI is InChI=1S/C31H31F3N6O3S2/c32-31(33,34)20-10-8-19(9-11-20)16-26-37-38-27(43-26)17-35-14-12-28(41)39-15-13-23-22(18-39)29(42)40(24-6-1-2-7-25(24)44)30(36-23)45-21-4-3-5-21/h1-2,6-11,21,35,44H,3-5,12-18H2. The number of thiol groups is 1. The molecule has 2 aromatic carbocycles. The number of thioether (sulfide) groups is 1. The molecule has 0 saturated heterocycles. The number of hydrogen-bond acceptors (Lipinski definition) is 9. The predicted octanol–water partition coefficient (Wildman–Crippen LogP) is 5.22. The monoisotopic (exact) mass is 656 g/mol. The molecule has 1 aliphatic heterocycles. The molecule has 0 radical (unpaired) electrons. The lowest BCUT2D eigenvalue weighted by Gasteiger charge is -2.30. The van der Waals surface area contributed by atoms with E-state index in [1.807, 2.05) is 24.3 Å². The quantitative estimate of drug-likeness (QED) is 0.136. The number of para-hydroxylation sites is 1. The molecule has 1 aliphatic carbocycles. The molecule has 3 heterocycles. The number of rotatable bonds is 10. The molecule has 6 rings (SSSR count). The van der Waals surface area contributed by atoms with Crippen LogP contribution < -0.4 is 10.9 Å². The maximum Gasteiger partial charge on any atom is 0.416 e. The first-order valence-electron chi connectivity index (χ1n) is 14.7. The lowest BCUT2D eigenvalue weighted by molar-refractivity contribution is -0.137. The summed E-state index contributed by atoms with van der Waals surface area (Å²) >= 11 is 6.24. The lowest BCUT2D eigenvalue weighted by Crippen LogP contribution is -2.42. The Balaban J connectivity index is 1.04. The number of halogens is 3. The summed E-state index contributed by atoms with van der Waals surface area (Å²) in [6, 6.07) is 12.3. The van der Waals surface area contributed by atoms with Crippen molar-refractivity contribution in [2.45, 2.75) is 73.1 Å². The van der Waals surface area contributed by atoms with Crippen molar-refractivity contribution in [1.29, 1.82) is 0 Å². The molecule has 4 aromatic rings. The van der Waals surface area contributed by atoms with E-state index in [1.54, 1.807) is 21.2 Å². The van der Waals surface area contributed by atoms with Gasteiger partial charge in [0.05, 0.1) is 42.0 Å². The van der Waals surface area contributed by atoms with E-state index in [0.29, 0.717) is 57.5 Å². The van der Waals surface area contributed by atoms with Gasteiger partial charge in [-0.05, 0) is 42.7 Å². The number of aromatic nitrogens is 4. The molecule has 2 aliphatic rings. The summed E-state index contributed by atoms with van der Waals surface area (Å²) in [6.45, 7) is 1.26. The summed E-state index contributed by atoms with van der Waals surface area (Å²) in [5.74, 6) is 0.502. The summed E-state index contributed by atoms with van der Waals surface area (Å²) in [4.78, 5) is 34.3. The van der Waals surface area contributed by atoms with Crippen molar-refractivity contribution < 1.29 is 22.4 Å². The van der Waals surface area contributed by atoms with Crippen molar-refractivity contribution >= 4 is 30.3 Å². The number of carbonyl (C=O) groups excluding carboxylic acids is 1. The minimum Gasteiger partial charge on any atom is -0.424 e. The lowest BCUT2D eigenvalue weighted by atomic mass is 10.0. The number of benzene rings is 2. The zero-order chi connectivity index (χ0) is 31.6. The predicted molar refractivity (Wildman–Crippen MR) is 165 cm³/mol. The first-order valence-corrected chi connectivity index (χ1v) is 16.0. The van der Waals surface area contributed by atoms with Gasteiger partial charge in [0.15, 0.2) is 5.16 Å². The summed E-state index contributed by atoms with van der Waals surface area (Å²) in [7, 11) is 0. The highest BCUT2D eigenvalue weighted by atomic mass is 32.2. The second kappa shape index (κ2) is 13.4. The van der Waals surface area contributed by atoms with Gasteiger partial charge in [0.25, 0.3) is 5.56 Å². The van der Waals surface area contributed by atoms with E-state index < -0.39 is 11.7 Å². The summed E-state index contributed by atoms with van der Waals surface area (Å²) in [5, 5.41) is 12.2. The number of hydrogen-bond donors (Lipinski definition) is 2. The van der Waals surface area contributed by atoms with Gasteiger partial charge in [-0.25, -0.2) is 4.98 Å². The fourth-order valence-corrected chi connectivity index (χ4v) is 6.79. The molecular formula is C31H31F3N6O3S2. The minimum atomic E-state index is -4.39. The number of amides is 1. The van der Waals surface area contributed by atoms with Crippen LogP contribution in [0, 0.1) is 0 Å². The number of carbonyl (C=O) groups is 1. The third kappa shape index (κ3) is 7.28. The number of alkyl halides is 3. The van der Waals surface area contributed by atoms with Crippen molar-refractivity contribution in [2.75, 3.05) is 13.1 Å². The van der Waals surface area contributed by atoms with Crippen LogP contribution in [-0.4, -0.2) is 48.9 Å². The van der Waals surface area contributed by atoms with Crippen molar-refractivity contribution in [3.05, 3.63) is 93.1 Å². The van der Waals surface area contributed by atoms with Crippen LogP contribution >= 0.6 is 24.4 Å². The zero-order valence-electron chi connectivity index (χ0n) is 24.2. The summed E-state index contributed by atoms with van der Waals surface area (Å²) in [6.07, 6.45) is -0.0779. The van der Waals surface area contributed by atoms with E-state index >= 15 is 0 Å². The van der Waals surface area contributed by atoms with Gasteiger partial charge < -0.3 is 14.6 Å². The topological polar surface area (TPSA) is 106 Å². The first-order chi connectivity index (χ1) is 21.7. The molecule has 45 heavy (non-hydrogen) atoms. The summed E-state index contributed by atoms with van der Waals surface area (Å²) in [5.41, 5.74) is 1.70. The van der Waals surface area contributed by atoms with Crippen LogP contribution in [-0.2, 0) is 36.9 Å². The molecule has 236 valence electrons. The Kier molecular flexibility index (Phi) is 9.33. The van der Waals surface area contributed by atoms with E-state index in [2.05, 4.69) is 28.1 Å². The molecule has 1 saturated carbocycles. The first kappa shape index (κ1) is 31.4. The van der Waals surface area contributed by atoms with E-state index in [-0.39, 0.29) is 43.3 Å². The van der Waals surface area contributed by atoms with Crippen molar-refractivity contribution in [2.24, 2.45) is 0 Å². The number of fused-ring (bicyclic) bond motifs is 1. The third-order valence-electron chi connectivity index (χ3n) is 7.94. The Bertz CT molecular complexity index is 1740. The van der Waals surface area contributed by atoms with Gasteiger partial charge in [0, 0.05) is 36.1 Å². The van der Waals surface area contributed by atoms with Crippen LogP contribution in [0.2, 0.25) is 0 Å². The molecule has 0 bridgehead atoms. The van der Waals surface area contributed by atoms with E-state index in [0.717, 1.165) is 30.7 Å². The smallest absolute Gasteiger partial charge is 0.416 e. The van der Waals surface area contributed by atoms with Crippen LogP contribution in [0.3, 0.4) is 0 Å². The van der Waals surface area contributed by atoms with Crippen LogP contribution in [0.25, 0.3) is 5.69 Å². The van der Waals surface area contributed by atoms with Gasteiger partial charge in [-0.1, -0.05) is 42.4 Å². The maximum atomic E-state index is 13.9. The molecular weight excluding hydrogens is 626 g/mol. The zero-order valence-corrected chi connectivity index (χ0v) is 25.9. The maximum absolute atomic E-state index is 13.9. The highest BCUT2D eigenvalue weighted by molar-refractivity contribution is 7.99. The molecule has 1 fully saturated rings. The van der Waals surface area contributed by atoms with E-state index in [4.69, 9.17) is 9.40 Å². The Morgan fingerprint density at radius 3 is 2.56 bits per heavy atom. The molecule has 9 nitrogen and oxygen atoms in total. The Morgan fingerprint density at radius 2 is 1.84 bits per heavy atom. The molecule has 1 amide bonds. The highest BCUT2D eigenvalue weighted by Gasteiger charge is 2.31. The van der Waals surface area contributed by atoms with Crippen LogP contribution in [0.15, 0.2) is 67.8 Å². The molecule has 0 unspecified atom stereocenters. The van der Waals surface area contributed by atoms with Crippen molar-refractivity contribution in [1.82, 2.24) is 30.0 Å². The Morgan fingerprint density at radius 1 is 1.09 bits per heavy atom. The Hall–Kier alpha value is -3.62. The fourth-order valence-electron chi connectivity index (χ4n) is 5.22. The molecule has 2 aromatic heterocycles. The SMILES string of the molecule is O=C(CCNCc1nnc(Cc2ccc(C(F)(F)F)cc2)o1)N1CCc2nc(SC3CCC3)n(-c3ccccc3S)c(=O)c2C1.